The molecule has 0 heterocycles. The number of hydrogen-bond acceptors (Lipinski definition) is 3. The molecule has 112 valence electrons. The van der Waals surface area contributed by atoms with E-state index in [0.29, 0.717) is 11.6 Å². The van der Waals surface area contributed by atoms with Gasteiger partial charge < -0.3 is 15.2 Å². The molecular weight excluding hydrogens is 286 g/mol. The van der Waals surface area contributed by atoms with E-state index in [1.54, 1.807) is 7.11 Å². The van der Waals surface area contributed by atoms with E-state index in [1.807, 2.05) is 55.5 Å². The van der Waals surface area contributed by atoms with E-state index in [9.17, 15) is 0 Å². The molecule has 0 aliphatic heterocycles. The van der Waals surface area contributed by atoms with Crippen molar-refractivity contribution in [3.05, 3.63) is 64.7 Å². The van der Waals surface area contributed by atoms with Crippen LogP contribution in [0.2, 0.25) is 5.02 Å². The summed E-state index contributed by atoms with van der Waals surface area (Å²) in [6.45, 7) is 2.41. The fourth-order valence-electron chi connectivity index (χ4n) is 2.15. The van der Waals surface area contributed by atoms with E-state index in [-0.39, 0.29) is 12.1 Å². The zero-order valence-electron chi connectivity index (χ0n) is 12.3. The van der Waals surface area contributed by atoms with E-state index >= 15 is 0 Å². The highest BCUT2D eigenvalue weighted by atomic mass is 35.5. The van der Waals surface area contributed by atoms with Crippen LogP contribution in [0, 0.1) is 0 Å². The number of nitrogens with two attached hydrogens (primary N) is 1. The highest BCUT2D eigenvalue weighted by Gasteiger charge is 2.17. The Morgan fingerprint density at radius 3 is 2.48 bits per heavy atom. The molecule has 0 saturated heterocycles. The van der Waals surface area contributed by atoms with Crippen LogP contribution in [-0.2, 0) is 11.3 Å². The molecule has 2 atom stereocenters. The van der Waals surface area contributed by atoms with E-state index in [4.69, 9.17) is 26.8 Å². The molecule has 21 heavy (non-hydrogen) atoms. The standard InChI is InChI=1S/C17H20ClNO2/c1-12(19)17(14-6-8-15(18)9-7-14)21-11-13-4-3-5-16(10-13)20-2/h3-10,12,17H,11,19H2,1-2H3. The first-order valence-corrected chi connectivity index (χ1v) is 7.23. The van der Waals surface area contributed by atoms with Gasteiger partial charge >= 0.3 is 0 Å². The van der Waals surface area contributed by atoms with Gasteiger partial charge in [-0.1, -0.05) is 35.9 Å². The molecule has 2 unspecified atom stereocenters. The zero-order valence-corrected chi connectivity index (χ0v) is 13.0. The highest BCUT2D eigenvalue weighted by Crippen LogP contribution is 2.24. The highest BCUT2D eigenvalue weighted by molar-refractivity contribution is 6.30. The molecule has 4 heteroatoms. The van der Waals surface area contributed by atoms with Crippen molar-refractivity contribution in [3.8, 4) is 5.75 Å². The summed E-state index contributed by atoms with van der Waals surface area (Å²) in [5.74, 6) is 0.819. The fraction of sp³-hybridized carbons (Fsp3) is 0.294. The van der Waals surface area contributed by atoms with Crippen molar-refractivity contribution in [3.63, 3.8) is 0 Å². The molecule has 2 aromatic rings. The van der Waals surface area contributed by atoms with Crippen molar-refractivity contribution in [2.24, 2.45) is 5.73 Å². The number of hydrogen-bond donors (Lipinski definition) is 1. The number of rotatable bonds is 6. The summed E-state index contributed by atoms with van der Waals surface area (Å²) in [6.07, 6.45) is -0.173. The minimum absolute atomic E-state index is 0.114. The molecule has 3 nitrogen and oxygen atoms in total. The maximum absolute atomic E-state index is 6.04. The van der Waals surface area contributed by atoms with Gasteiger partial charge in [0.1, 0.15) is 5.75 Å². The van der Waals surface area contributed by atoms with Crippen molar-refractivity contribution >= 4 is 11.6 Å². The fourth-order valence-corrected chi connectivity index (χ4v) is 2.28. The van der Waals surface area contributed by atoms with Crippen molar-refractivity contribution < 1.29 is 9.47 Å². The van der Waals surface area contributed by atoms with Gasteiger partial charge in [0.2, 0.25) is 0 Å². The van der Waals surface area contributed by atoms with Crippen LogP contribution in [-0.4, -0.2) is 13.2 Å². The Hall–Kier alpha value is -1.55. The molecule has 0 bridgehead atoms. The van der Waals surface area contributed by atoms with Crippen LogP contribution in [0.5, 0.6) is 5.75 Å². The first-order chi connectivity index (χ1) is 10.1. The van der Waals surface area contributed by atoms with Gasteiger partial charge in [0.05, 0.1) is 19.8 Å². The first-order valence-electron chi connectivity index (χ1n) is 6.85. The van der Waals surface area contributed by atoms with Gasteiger partial charge in [-0.05, 0) is 42.3 Å². The summed E-state index contributed by atoms with van der Waals surface area (Å²) in [5.41, 5.74) is 8.12. The second-order valence-corrected chi connectivity index (χ2v) is 5.43. The van der Waals surface area contributed by atoms with Gasteiger partial charge in [-0.15, -0.1) is 0 Å². The van der Waals surface area contributed by atoms with Gasteiger partial charge in [0, 0.05) is 11.1 Å². The minimum atomic E-state index is -0.173. The molecule has 0 fully saturated rings. The predicted octanol–water partition coefficient (Wildman–Crippen LogP) is 3.95. The SMILES string of the molecule is COc1cccc(COC(c2ccc(Cl)cc2)C(C)N)c1. The third kappa shape index (κ3) is 4.46. The van der Waals surface area contributed by atoms with Crippen molar-refractivity contribution in [1.29, 1.82) is 0 Å². The lowest BCUT2D eigenvalue weighted by atomic mass is 10.0. The molecule has 0 spiro atoms. The topological polar surface area (TPSA) is 44.5 Å². The minimum Gasteiger partial charge on any atom is -0.497 e. The van der Waals surface area contributed by atoms with Crippen LogP contribution in [0.4, 0.5) is 0 Å². The van der Waals surface area contributed by atoms with Crippen LogP contribution in [0.3, 0.4) is 0 Å². The Kier molecular flexibility index (Phi) is 5.62. The Labute approximate surface area is 130 Å². The summed E-state index contributed by atoms with van der Waals surface area (Å²) >= 11 is 5.92. The molecule has 2 aromatic carbocycles. The van der Waals surface area contributed by atoms with Crippen LogP contribution in [0.15, 0.2) is 48.5 Å². The summed E-state index contributed by atoms with van der Waals surface area (Å²) in [5, 5.41) is 0.704. The van der Waals surface area contributed by atoms with Gasteiger partial charge in [-0.25, -0.2) is 0 Å². The largest absolute Gasteiger partial charge is 0.497 e. The van der Waals surface area contributed by atoms with E-state index in [2.05, 4.69) is 0 Å². The number of benzene rings is 2. The lowest BCUT2D eigenvalue weighted by molar-refractivity contribution is 0.0258. The summed E-state index contributed by atoms with van der Waals surface area (Å²) < 4.78 is 11.2. The molecular formula is C17H20ClNO2. The molecule has 2 N–H and O–H groups in total. The van der Waals surface area contributed by atoms with E-state index in [1.165, 1.54) is 0 Å². The van der Waals surface area contributed by atoms with E-state index in [0.717, 1.165) is 16.9 Å². The molecule has 0 radical (unpaired) electrons. The second kappa shape index (κ2) is 7.46. The molecule has 0 aliphatic rings. The third-order valence-corrected chi connectivity index (χ3v) is 3.49. The van der Waals surface area contributed by atoms with Crippen LogP contribution < -0.4 is 10.5 Å². The summed E-state index contributed by atoms with van der Waals surface area (Å²) in [6, 6.07) is 15.3. The van der Waals surface area contributed by atoms with Crippen molar-refractivity contribution in [1.82, 2.24) is 0 Å². The van der Waals surface area contributed by atoms with Crippen LogP contribution in [0.1, 0.15) is 24.2 Å². The number of halogens is 1. The second-order valence-electron chi connectivity index (χ2n) is 4.99. The average Bonchev–Trinajstić information content (AvgIpc) is 2.49. The quantitative estimate of drug-likeness (QED) is 0.878. The zero-order chi connectivity index (χ0) is 15.2. The summed E-state index contributed by atoms with van der Waals surface area (Å²) in [7, 11) is 1.65. The van der Waals surface area contributed by atoms with Crippen molar-refractivity contribution in [2.45, 2.75) is 25.7 Å². The van der Waals surface area contributed by atoms with Gasteiger partial charge in [0.15, 0.2) is 0 Å². The number of methoxy groups -OCH3 is 1. The third-order valence-electron chi connectivity index (χ3n) is 3.24. The molecule has 0 saturated carbocycles. The molecule has 0 aromatic heterocycles. The maximum Gasteiger partial charge on any atom is 0.119 e. The lowest BCUT2D eigenvalue weighted by Crippen LogP contribution is -2.26. The Morgan fingerprint density at radius 1 is 1.14 bits per heavy atom. The Morgan fingerprint density at radius 2 is 1.86 bits per heavy atom. The molecule has 0 amide bonds. The van der Waals surface area contributed by atoms with Gasteiger partial charge in [-0.3, -0.25) is 0 Å². The normalized spacial score (nSPS) is 13.7. The van der Waals surface area contributed by atoms with Gasteiger partial charge in [0.25, 0.3) is 0 Å². The summed E-state index contributed by atoms with van der Waals surface area (Å²) in [4.78, 5) is 0. The number of ether oxygens (including phenoxy) is 2. The monoisotopic (exact) mass is 305 g/mol. The Balaban J connectivity index is 2.08. The Bertz CT molecular complexity index is 569. The smallest absolute Gasteiger partial charge is 0.119 e. The lowest BCUT2D eigenvalue weighted by Gasteiger charge is -2.22. The van der Waals surface area contributed by atoms with E-state index < -0.39 is 0 Å². The maximum atomic E-state index is 6.04. The van der Waals surface area contributed by atoms with Crippen molar-refractivity contribution in [2.75, 3.05) is 7.11 Å². The van der Waals surface area contributed by atoms with Crippen LogP contribution in [0.25, 0.3) is 0 Å². The molecule has 2 rings (SSSR count). The molecule has 0 aliphatic carbocycles. The van der Waals surface area contributed by atoms with Crippen LogP contribution >= 0.6 is 11.6 Å². The predicted molar refractivity (Wildman–Crippen MR) is 85.6 cm³/mol. The average molecular weight is 306 g/mol. The van der Waals surface area contributed by atoms with Gasteiger partial charge in [-0.2, -0.15) is 0 Å². The first kappa shape index (κ1) is 15.8.